The highest BCUT2D eigenvalue weighted by Gasteiger charge is 2.17. The van der Waals surface area contributed by atoms with Crippen LogP contribution < -0.4 is 0 Å². The average molecular weight is 348 g/mol. The van der Waals surface area contributed by atoms with Crippen LogP contribution in [0, 0.1) is 0 Å². The third-order valence-corrected chi connectivity index (χ3v) is 3.66. The van der Waals surface area contributed by atoms with Crippen molar-refractivity contribution in [3.05, 3.63) is 78.9 Å². The summed E-state index contributed by atoms with van der Waals surface area (Å²) in [5, 5.41) is 0. The molecule has 0 spiro atoms. The van der Waals surface area contributed by atoms with Gasteiger partial charge >= 0.3 is 6.68 Å². The predicted octanol–water partition coefficient (Wildman–Crippen LogP) is 6.76. The lowest BCUT2D eigenvalue weighted by Gasteiger charge is -1.95. The van der Waals surface area contributed by atoms with Gasteiger partial charge in [-0.25, -0.2) is 0 Å². The Hall–Kier alpha value is -2.24. The first kappa shape index (κ1) is 18.1. The Bertz CT molecular complexity index is 746. The molecule has 0 saturated heterocycles. The van der Waals surface area contributed by atoms with Gasteiger partial charge in [-0.15, -0.1) is 0 Å². The quantitative estimate of drug-likeness (QED) is 0.404. The van der Waals surface area contributed by atoms with E-state index in [1.807, 2.05) is 30.3 Å². The fourth-order valence-corrected chi connectivity index (χ4v) is 2.38. The summed E-state index contributed by atoms with van der Waals surface area (Å²) in [6, 6.07) is 26.5. The number of alkyl halides is 3. The minimum Gasteiger partial charge on any atom is -0.325 e. The van der Waals surface area contributed by atoms with Crippen molar-refractivity contribution >= 4 is 12.0 Å². The molecule has 5 heteroatoms. The normalized spacial score (nSPS) is 10.2. The maximum atomic E-state index is 9.67. The molecular formula is C19H15F3OS. The molecule has 0 aliphatic heterocycles. The van der Waals surface area contributed by atoms with E-state index in [0.29, 0.717) is 0 Å². The lowest BCUT2D eigenvalue weighted by atomic mass is 10.1. The van der Waals surface area contributed by atoms with Crippen LogP contribution in [-0.2, 0) is 0 Å². The molecule has 24 heavy (non-hydrogen) atoms. The summed E-state index contributed by atoms with van der Waals surface area (Å²) in [5.74, 6) is 0. The topological polar surface area (TPSA) is 20.2 Å². The zero-order valence-electron chi connectivity index (χ0n) is 12.6. The average Bonchev–Trinajstić information content (AvgIpc) is 3.26. The van der Waals surface area contributed by atoms with E-state index in [-0.39, 0.29) is 0 Å². The van der Waals surface area contributed by atoms with Crippen LogP contribution >= 0.6 is 12.0 Å². The Morgan fingerprint density at radius 1 is 0.667 bits per heavy atom. The highest BCUT2D eigenvalue weighted by molar-refractivity contribution is 7.93. The molecule has 2 aliphatic carbocycles. The molecule has 0 unspecified atom stereocenters. The Kier molecular flexibility index (Phi) is 6.90. The second-order valence-electron chi connectivity index (χ2n) is 4.78. The van der Waals surface area contributed by atoms with Crippen molar-refractivity contribution in [2.45, 2.75) is 11.6 Å². The molecule has 0 amide bonds. The van der Waals surface area contributed by atoms with Gasteiger partial charge in [0.05, 0.1) is 0 Å². The summed E-state index contributed by atoms with van der Waals surface area (Å²) in [4.78, 5) is 0.882. The molecule has 1 N–H and O–H groups in total. The van der Waals surface area contributed by atoms with Gasteiger partial charge in [0.15, 0.2) is 0 Å². The molecule has 1 nitrogen and oxygen atoms in total. The molecule has 4 rings (SSSR count). The standard InChI is InChI=1S/C12H8.C6H6OS.CHF3/c1-2-4-9(5-3-1)11-7-6-10-8-12(10)11;7-8-6-4-2-1-3-5-6;2-1(3)4/h1-8H;1-5,7H;1H. The molecule has 0 aromatic heterocycles. The summed E-state index contributed by atoms with van der Waals surface area (Å²) in [7, 11) is 0. The Morgan fingerprint density at radius 2 is 1.21 bits per heavy atom. The lowest BCUT2D eigenvalue weighted by Crippen LogP contribution is -1.70. The maximum absolute atomic E-state index is 9.67. The fourth-order valence-electron chi connectivity index (χ4n) is 2.10. The van der Waals surface area contributed by atoms with Gasteiger partial charge in [-0.3, -0.25) is 0 Å². The number of fused-ring (bicyclic) bond motifs is 1. The van der Waals surface area contributed by atoms with Gasteiger partial charge in [0.1, 0.15) is 0 Å². The predicted molar refractivity (Wildman–Crippen MR) is 92.9 cm³/mol. The Morgan fingerprint density at radius 3 is 1.58 bits per heavy atom. The zero-order chi connectivity index (χ0) is 17.4. The van der Waals surface area contributed by atoms with E-state index in [0.717, 1.165) is 16.9 Å². The number of hydrogen-bond acceptors (Lipinski definition) is 2. The Balaban J connectivity index is 0.000000151. The maximum Gasteiger partial charge on any atom is 0.379 e. The molecule has 124 valence electrons. The minimum atomic E-state index is -3.67. The van der Waals surface area contributed by atoms with Crippen LogP contribution in [0.25, 0.3) is 22.3 Å². The third-order valence-electron chi connectivity index (χ3n) is 3.18. The smallest absolute Gasteiger partial charge is 0.325 e. The van der Waals surface area contributed by atoms with Crippen LogP contribution in [0.15, 0.2) is 83.8 Å². The molecule has 2 aromatic carbocycles. The van der Waals surface area contributed by atoms with E-state index in [1.54, 1.807) is 0 Å². The Labute approximate surface area is 143 Å². The van der Waals surface area contributed by atoms with Crippen molar-refractivity contribution in [3.63, 3.8) is 0 Å². The largest absolute Gasteiger partial charge is 0.379 e. The van der Waals surface area contributed by atoms with Crippen LogP contribution in [0.2, 0.25) is 0 Å². The van der Waals surface area contributed by atoms with Gasteiger partial charge in [0, 0.05) is 16.9 Å². The molecule has 2 aliphatic rings. The lowest BCUT2D eigenvalue weighted by molar-refractivity contribution is 0.00819. The van der Waals surface area contributed by atoms with E-state index in [9.17, 15) is 13.2 Å². The summed E-state index contributed by atoms with van der Waals surface area (Å²) in [6.07, 6.45) is 0. The van der Waals surface area contributed by atoms with Crippen molar-refractivity contribution in [2.75, 3.05) is 0 Å². The first-order valence-corrected chi connectivity index (χ1v) is 7.87. The van der Waals surface area contributed by atoms with Gasteiger partial charge in [0.2, 0.25) is 0 Å². The zero-order valence-corrected chi connectivity index (χ0v) is 13.4. The molecule has 0 bridgehead atoms. The SMILES string of the molecule is FC(F)F.OSc1ccccc1.c1ccc(-c2ccc3cc2-3)cc1. The first-order chi connectivity index (χ1) is 11.6. The number of rotatable bonds is 2. The van der Waals surface area contributed by atoms with Crippen LogP contribution in [-0.4, -0.2) is 11.2 Å². The van der Waals surface area contributed by atoms with Crippen molar-refractivity contribution in [2.24, 2.45) is 0 Å². The summed E-state index contributed by atoms with van der Waals surface area (Å²) >= 11 is 0.769. The molecule has 0 atom stereocenters. The van der Waals surface area contributed by atoms with E-state index in [1.165, 1.54) is 22.3 Å². The van der Waals surface area contributed by atoms with Crippen molar-refractivity contribution in [3.8, 4) is 22.3 Å². The van der Waals surface area contributed by atoms with Crippen LogP contribution in [0.5, 0.6) is 0 Å². The second-order valence-corrected chi connectivity index (χ2v) is 5.43. The second kappa shape index (κ2) is 9.15. The highest BCUT2D eigenvalue weighted by Crippen LogP contribution is 2.43. The van der Waals surface area contributed by atoms with Gasteiger partial charge in [-0.05, 0) is 40.5 Å². The van der Waals surface area contributed by atoms with Crippen LogP contribution in [0.3, 0.4) is 0 Å². The number of halogens is 3. The number of benzene rings is 3. The third kappa shape index (κ3) is 5.76. The van der Waals surface area contributed by atoms with Gasteiger partial charge in [-0.1, -0.05) is 60.7 Å². The van der Waals surface area contributed by atoms with Gasteiger partial charge in [0.25, 0.3) is 0 Å². The summed E-state index contributed by atoms with van der Waals surface area (Å²) in [5.41, 5.74) is 5.55. The summed E-state index contributed by atoms with van der Waals surface area (Å²) in [6.45, 7) is -3.67. The van der Waals surface area contributed by atoms with E-state index in [2.05, 4.69) is 48.5 Å². The van der Waals surface area contributed by atoms with E-state index in [4.69, 9.17) is 4.55 Å². The molecule has 0 fully saturated rings. The molecular weight excluding hydrogens is 333 g/mol. The minimum absolute atomic E-state index is 0.769. The molecule has 0 heterocycles. The van der Waals surface area contributed by atoms with Crippen LogP contribution in [0.1, 0.15) is 0 Å². The van der Waals surface area contributed by atoms with Crippen molar-refractivity contribution in [1.82, 2.24) is 0 Å². The van der Waals surface area contributed by atoms with Gasteiger partial charge in [-0.2, -0.15) is 13.2 Å². The number of hydrogen-bond donors (Lipinski definition) is 1. The van der Waals surface area contributed by atoms with E-state index >= 15 is 0 Å². The fraction of sp³-hybridized carbons (Fsp3) is 0.0526. The molecule has 0 radical (unpaired) electrons. The molecule has 0 saturated carbocycles. The van der Waals surface area contributed by atoms with E-state index < -0.39 is 6.68 Å². The van der Waals surface area contributed by atoms with Gasteiger partial charge < -0.3 is 4.55 Å². The highest BCUT2D eigenvalue weighted by atomic mass is 32.2. The summed E-state index contributed by atoms with van der Waals surface area (Å²) < 4.78 is 37.5. The van der Waals surface area contributed by atoms with Crippen molar-refractivity contribution < 1.29 is 17.7 Å². The molecule has 2 aromatic rings. The first-order valence-electron chi connectivity index (χ1n) is 7.10. The van der Waals surface area contributed by atoms with Crippen LogP contribution in [0.4, 0.5) is 13.2 Å². The monoisotopic (exact) mass is 348 g/mol. The van der Waals surface area contributed by atoms with Crippen molar-refractivity contribution in [1.29, 1.82) is 0 Å².